The van der Waals surface area contributed by atoms with Gasteiger partial charge in [-0.2, -0.15) is 26.3 Å². The average Bonchev–Trinajstić information content (AvgIpc) is 2.13. The third kappa shape index (κ3) is 3.65. The summed E-state index contributed by atoms with van der Waals surface area (Å²) in [5, 5.41) is 0. The quantitative estimate of drug-likeness (QED) is 0.669. The molecule has 0 nitrogen and oxygen atoms in total. The smallest absolute Gasteiger partial charge is 0.166 e. The Kier molecular flexibility index (Phi) is 3.98. The number of hydrogen-bond acceptors (Lipinski definition) is 0. The van der Waals surface area contributed by atoms with Crippen LogP contribution in [-0.2, 0) is 18.8 Å². The second-order valence-corrected chi connectivity index (χ2v) is 4.47. The van der Waals surface area contributed by atoms with Crippen LogP contribution in [0.5, 0.6) is 0 Å². The second kappa shape index (κ2) is 4.82. The molecule has 6 heteroatoms. The van der Waals surface area contributed by atoms with Gasteiger partial charge >= 0.3 is 12.4 Å². The van der Waals surface area contributed by atoms with Crippen LogP contribution in [0.25, 0.3) is 0 Å². The van der Waals surface area contributed by atoms with Crippen molar-refractivity contribution < 1.29 is 26.3 Å². The van der Waals surface area contributed by atoms with Crippen LogP contribution in [0.1, 0.15) is 30.5 Å². The lowest BCUT2D eigenvalue weighted by molar-refractivity contribution is -0.141. The molecule has 0 bridgehead atoms. The van der Waals surface area contributed by atoms with E-state index in [0.29, 0.717) is 18.2 Å². The van der Waals surface area contributed by atoms with Gasteiger partial charge in [0, 0.05) is 0 Å². The first-order valence-corrected chi connectivity index (χ1v) is 5.29. The van der Waals surface area contributed by atoms with E-state index in [1.807, 2.05) is 0 Å². The summed E-state index contributed by atoms with van der Waals surface area (Å²) in [6.45, 7) is 3.31. The molecular formula is C12H12F6. The average molecular weight is 270 g/mol. The summed E-state index contributed by atoms with van der Waals surface area (Å²) in [7, 11) is 0. The van der Waals surface area contributed by atoms with Crippen molar-refractivity contribution in [3.05, 3.63) is 34.9 Å². The van der Waals surface area contributed by atoms with Crippen molar-refractivity contribution in [1.29, 1.82) is 0 Å². The molecule has 0 aromatic heterocycles. The van der Waals surface area contributed by atoms with E-state index in [1.54, 1.807) is 13.8 Å². The van der Waals surface area contributed by atoms with E-state index in [-0.39, 0.29) is 17.9 Å². The van der Waals surface area contributed by atoms with Crippen LogP contribution in [0.2, 0.25) is 0 Å². The van der Waals surface area contributed by atoms with Gasteiger partial charge in [0.05, 0.1) is 11.1 Å². The minimum absolute atomic E-state index is 0.0429. The molecule has 18 heavy (non-hydrogen) atoms. The van der Waals surface area contributed by atoms with Gasteiger partial charge in [0.25, 0.3) is 0 Å². The van der Waals surface area contributed by atoms with Crippen LogP contribution >= 0.6 is 0 Å². The first kappa shape index (κ1) is 14.9. The summed E-state index contributed by atoms with van der Waals surface area (Å²) in [5.74, 6) is -0.158. The van der Waals surface area contributed by atoms with Crippen LogP contribution in [0.3, 0.4) is 0 Å². The first-order valence-electron chi connectivity index (χ1n) is 5.29. The summed E-state index contributed by atoms with van der Waals surface area (Å²) in [5.41, 5.74) is -2.36. The summed E-state index contributed by atoms with van der Waals surface area (Å²) < 4.78 is 75.3. The minimum atomic E-state index is -4.63. The molecule has 0 saturated heterocycles. The molecule has 0 N–H and O–H groups in total. The van der Waals surface area contributed by atoms with Crippen molar-refractivity contribution >= 4 is 0 Å². The largest absolute Gasteiger partial charge is 0.416 e. The molecule has 0 spiro atoms. The van der Waals surface area contributed by atoms with Gasteiger partial charge < -0.3 is 0 Å². The minimum Gasteiger partial charge on any atom is -0.166 e. The van der Waals surface area contributed by atoms with E-state index in [4.69, 9.17) is 0 Å². The molecule has 1 aromatic rings. The van der Waals surface area contributed by atoms with E-state index in [2.05, 4.69) is 0 Å². The van der Waals surface area contributed by atoms with Gasteiger partial charge in [0.15, 0.2) is 0 Å². The number of halogens is 6. The first-order chi connectivity index (χ1) is 8.01. The van der Waals surface area contributed by atoms with E-state index in [0.717, 1.165) is 0 Å². The molecule has 102 valence electrons. The van der Waals surface area contributed by atoms with Crippen LogP contribution in [0.4, 0.5) is 26.3 Å². The fourth-order valence-electron chi connectivity index (χ4n) is 1.66. The Balaban J connectivity index is 3.30. The van der Waals surface area contributed by atoms with E-state index >= 15 is 0 Å². The molecule has 1 rings (SSSR count). The van der Waals surface area contributed by atoms with Crippen LogP contribution in [-0.4, -0.2) is 0 Å². The van der Waals surface area contributed by atoms with Gasteiger partial charge in [-0.25, -0.2) is 0 Å². The topological polar surface area (TPSA) is 0 Å². The molecule has 0 fully saturated rings. The summed E-state index contributed by atoms with van der Waals surface area (Å²) in [6, 6.07) is 1.55. The highest BCUT2D eigenvalue weighted by Gasteiger charge is 2.36. The Morgan fingerprint density at radius 2 is 1.50 bits per heavy atom. The molecule has 0 aliphatic heterocycles. The number of rotatable bonds is 2. The predicted octanol–water partition coefficient (Wildman–Crippen LogP) is 4.92. The van der Waals surface area contributed by atoms with Crippen LogP contribution in [0.15, 0.2) is 18.2 Å². The fraction of sp³-hybridized carbons (Fsp3) is 0.500. The van der Waals surface area contributed by atoms with Crippen molar-refractivity contribution in [1.82, 2.24) is 0 Å². The summed E-state index contributed by atoms with van der Waals surface area (Å²) in [4.78, 5) is 0. The number of alkyl halides is 6. The van der Waals surface area contributed by atoms with E-state index in [1.165, 1.54) is 0 Å². The summed E-state index contributed by atoms with van der Waals surface area (Å²) in [6.07, 6.45) is -9.30. The fourth-order valence-corrected chi connectivity index (χ4v) is 1.66. The highest BCUT2D eigenvalue weighted by atomic mass is 19.4. The highest BCUT2D eigenvalue weighted by molar-refractivity contribution is 5.35. The Bertz CT molecular complexity index is 414. The monoisotopic (exact) mass is 270 g/mol. The van der Waals surface area contributed by atoms with E-state index in [9.17, 15) is 26.3 Å². The second-order valence-electron chi connectivity index (χ2n) is 4.47. The molecule has 0 saturated carbocycles. The third-order valence-corrected chi connectivity index (χ3v) is 2.37. The van der Waals surface area contributed by atoms with Crippen molar-refractivity contribution in [3.8, 4) is 0 Å². The van der Waals surface area contributed by atoms with E-state index < -0.39 is 23.5 Å². The van der Waals surface area contributed by atoms with Gasteiger partial charge in [0.1, 0.15) is 0 Å². The summed E-state index contributed by atoms with van der Waals surface area (Å²) >= 11 is 0. The Hall–Kier alpha value is -1.20. The molecule has 0 heterocycles. The third-order valence-electron chi connectivity index (χ3n) is 2.37. The lowest BCUT2D eigenvalue weighted by atomic mass is 9.95. The SMILES string of the molecule is CC(C)Cc1cc(C(F)(F)F)ccc1C(F)(F)F. The Morgan fingerprint density at radius 3 is 1.89 bits per heavy atom. The maximum absolute atomic E-state index is 12.6. The maximum atomic E-state index is 12.6. The molecule has 0 radical (unpaired) electrons. The predicted molar refractivity (Wildman–Crippen MR) is 55.0 cm³/mol. The molecule has 0 atom stereocenters. The Morgan fingerprint density at radius 1 is 0.944 bits per heavy atom. The maximum Gasteiger partial charge on any atom is 0.416 e. The molecule has 0 unspecified atom stereocenters. The Labute approximate surface area is 101 Å². The highest BCUT2D eigenvalue weighted by Crippen LogP contribution is 2.37. The molecule has 0 amide bonds. The standard InChI is InChI=1S/C12H12F6/c1-7(2)5-8-6-9(11(13,14)15)3-4-10(8)12(16,17)18/h3-4,6-7H,5H2,1-2H3. The molecule has 0 aliphatic carbocycles. The normalized spacial score (nSPS) is 13.2. The van der Waals surface area contributed by atoms with Crippen molar-refractivity contribution in [2.45, 2.75) is 32.6 Å². The van der Waals surface area contributed by atoms with Gasteiger partial charge in [-0.3, -0.25) is 0 Å². The number of benzene rings is 1. The van der Waals surface area contributed by atoms with Gasteiger partial charge in [-0.05, 0) is 36.1 Å². The van der Waals surface area contributed by atoms with Gasteiger partial charge in [-0.1, -0.05) is 13.8 Å². The number of hydrogen-bond donors (Lipinski definition) is 0. The van der Waals surface area contributed by atoms with Crippen LogP contribution in [0, 0.1) is 5.92 Å². The molecule has 0 aliphatic rings. The zero-order chi connectivity index (χ0) is 14.1. The van der Waals surface area contributed by atoms with Crippen molar-refractivity contribution in [3.63, 3.8) is 0 Å². The molecule has 1 aromatic carbocycles. The zero-order valence-electron chi connectivity index (χ0n) is 9.78. The molecular weight excluding hydrogens is 258 g/mol. The lowest BCUT2D eigenvalue weighted by Gasteiger charge is -2.17. The van der Waals surface area contributed by atoms with Crippen molar-refractivity contribution in [2.24, 2.45) is 5.92 Å². The lowest BCUT2D eigenvalue weighted by Crippen LogP contribution is -2.14. The van der Waals surface area contributed by atoms with Gasteiger partial charge in [-0.15, -0.1) is 0 Å². The van der Waals surface area contributed by atoms with Crippen molar-refractivity contribution in [2.75, 3.05) is 0 Å². The zero-order valence-corrected chi connectivity index (χ0v) is 9.78. The van der Waals surface area contributed by atoms with Crippen LogP contribution < -0.4 is 0 Å². The van der Waals surface area contributed by atoms with Gasteiger partial charge in [0.2, 0.25) is 0 Å².